The summed E-state index contributed by atoms with van der Waals surface area (Å²) in [5.74, 6) is -0.143. The van der Waals surface area contributed by atoms with Gasteiger partial charge in [0.2, 0.25) is 5.91 Å². The van der Waals surface area contributed by atoms with Crippen molar-refractivity contribution < 1.29 is 19.1 Å². The van der Waals surface area contributed by atoms with Crippen LogP contribution in [0.1, 0.15) is 44.6 Å². The van der Waals surface area contributed by atoms with Gasteiger partial charge in [0.05, 0.1) is 19.1 Å². The van der Waals surface area contributed by atoms with Crippen LogP contribution >= 0.6 is 0 Å². The third-order valence-electron chi connectivity index (χ3n) is 7.78. The number of carbonyl (C=O) groups excluding carboxylic acids is 2. The van der Waals surface area contributed by atoms with Gasteiger partial charge < -0.3 is 20.1 Å². The van der Waals surface area contributed by atoms with Crippen LogP contribution in [0.25, 0.3) is 0 Å². The normalized spacial score (nSPS) is 24.7. The standard InChI is InChI=1S/C26H39N3O4/c1-19(33-15-21-11-7-4-8-12-21)23(25(31)32-2)28-24(30)22-14-29(18-26(22)16-27-17-26)13-20-9-5-3-6-10-20/h3,5-6,9-10,19,21-23,27H,4,7-8,11-18H2,1-2H3,(H,28,30)/t19-,22+,23+/m1/s1. The zero-order valence-electron chi connectivity index (χ0n) is 20.1. The lowest BCUT2D eigenvalue weighted by atomic mass is 9.72. The molecule has 182 valence electrons. The Morgan fingerprint density at radius 2 is 1.91 bits per heavy atom. The maximum atomic E-state index is 13.5. The molecule has 3 aliphatic rings. The number of ether oxygens (including phenoxy) is 2. The molecule has 7 heteroatoms. The topological polar surface area (TPSA) is 79.9 Å². The predicted molar refractivity (Wildman–Crippen MR) is 126 cm³/mol. The molecule has 2 saturated heterocycles. The van der Waals surface area contributed by atoms with Crippen molar-refractivity contribution in [3.8, 4) is 0 Å². The van der Waals surface area contributed by atoms with E-state index in [1.54, 1.807) is 0 Å². The number of hydrogen-bond donors (Lipinski definition) is 2. The van der Waals surface area contributed by atoms with Crippen LogP contribution in [0, 0.1) is 17.3 Å². The maximum absolute atomic E-state index is 13.5. The summed E-state index contributed by atoms with van der Waals surface area (Å²) >= 11 is 0. The first kappa shape index (κ1) is 24.2. The van der Waals surface area contributed by atoms with E-state index in [1.807, 2.05) is 25.1 Å². The summed E-state index contributed by atoms with van der Waals surface area (Å²) in [6.07, 6.45) is 5.72. The quantitative estimate of drug-likeness (QED) is 0.554. The van der Waals surface area contributed by atoms with Crippen molar-refractivity contribution in [1.29, 1.82) is 0 Å². The summed E-state index contributed by atoms with van der Waals surface area (Å²) in [4.78, 5) is 28.4. The highest BCUT2D eigenvalue weighted by atomic mass is 16.5. The van der Waals surface area contributed by atoms with E-state index in [0.717, 1.165) is 26.2 Å². The molecule has 3 fully saturated rings. The third kappa shape index (κ3) is 5.76. The van der Waals surface area contributed by atoms with Gasteiger partial charge >= 0.3 is 5.97 Å². The molecular formula is C26H39N3O4. The predicted octanol–water partition coefficient (Wildman–Crippen LogP) is 2.35. The highest BCUT2D eigenvalue weighted by Gasteiger charge is 2.54. The molecule has 0 radical (unpaired) electrons. The van der Waals surface area contributed by atoms with Crippen molar-refractivity contribution in [3.05, 3.63) is 35.9 Å². The number of nitrogens with zero attached hydrogens (tertiary/aromatic N) is 1. The van der Waals surface area contributed by atoms with Crippen LogP contribution in [-0.4, -0.2) is 68.8 Å². The number of nitrogens with one attached hydrogen (secondary N) is 2. The van der Waals surface area contributed by atoms with Crippen molar-refractivity contribution in [3.63, 3.8) is 0 Å². The minimum Gasteiger partial charge on any atom is -0.467 e. The van der Waals surface area contributed by atoms with Gasteiger partial charge in [-0.3, -0.25) is 9.69 Å². The molecule has 1 aromatic carbocycles. The Kier molecular flexibility index (Phi) is 8.04. The van der Waals surface area contributed by atoms with Crippen molar-refractivity contribution in [2.24, 2.45) is 17.3 Å². The summed E-state index contributed by atoms with van der Waals surface area (Å²) in [5.41, 5.74) is 1.17. The van der Waals surface area contributed by atoms with Gasteiger partial charge in [-0.2, -0.15) is 0 Å². The van der Waals surface area contributed by atoms with E-state index < -0.39 is 18.1 Å². The van der Waals surface area contributed by atoms with Crippen LogP contribution in [0.2, 0.25) is 0 Å². The summed E-state index contributed by atoms with van der Waals surface area (Å²) in [6.45, 7) is 6.54. The van der Waals surface area contributed by atoms with Gasteiger partial charge in [-0.15, -0.1) is 0 Å². The first-order valence-electron chi connectivity index (χ1n) is 12.5. The van der Waals surface area contributed by atoms with Gasteiger partial charge in [0.1, 0.15) is 0 Å². The lowest BCUT2D eigenvalue weighted by Crippen LogP contribution is -2.62. The number of amides is 1. The molecule has 0 aromatic heterocycles. The molecule has 1 amide bonds. The second kappa shape index (κ2) is 11.0. The molecular weight excluding hydrogens is 418 g/mol. The lowest BCUT2D eigenvalue weighted by Gasteiger charge is -2.43. The third-order valence-corrected chi connectivity index (χ3v) is 7.78. The molecule has 2 N–H and O–H groups in total. The van der Waals surface area contributed by atoms with Crippen LogP contribution in [0.15, 0.2) is 30.3 Å². The Labute approximate surface area is 197 Å². The Morgan fingerprint density at radius 1 is 1.18 bits per heavy atom. The average Bonchev–Trinajstić information content (AvgIpc) is 3.22. The van der Waals surface area contributed by atoms with E-state index in [1.165, 1.54) is 44.8 Å². The number of rotatable bonds is 9. The minimum absolute atomic E-state index is 0.0735. The Hall–Kier alpha value is -1.96. The van der Waals surface area contributed by atoms with Crippen molar-refractivity contribution in [1.82, 2.24) is 15.5 Å². The van der Waals surface area contributed by atoms with E-state index in [2.05, 4.69) is 27.7 Å². The second-order valence-electron chi connectivity index (χ2n) is 10.2. The van der Waals surface area contributed by atoms with E-state index in [9.17, 15) is 9.59 Å². The van der Waals surface area contributed by atoms with E-state index in [0.29, 0.717) is 19.1 Å². The van der Waals surface area contributed by atoms with Gasteiger partial charge in [0.25, 0.3) is 0 Å². The van der Waals surface area contributed by atoms with Crippen LogP contribution in [0.5, 0.6) is 0 Å². The molecule has 7 nitrogen and oxygen atoms in total. The molecule has 1 spiro atoms. The van der Waals surface area contributed by atoms with Gasteiger partial charge in [-0.1, -0.05) is 49.6 Å². The zero-order valence-corrected chi connectivity index (χ0v) is 20.1. The highest BCUT2D eigenvalue weighted by molar-refractivity contribution is 5.87. The largest absolute Gasteiger partial charge is 0.467 e. The summed E-state index contributed by atoms with van der Waals surface area (Å²) in [5, 5.41) is 6.37. The minimum atomic E-state index is -0.792. The van der Waals surface area contributed by atoms with Crippen LogP contribution < -0.4 is 10.6 Å². The summed E-state index contributed by atoms with van der Waals surface area (Å²) in [6, 6.07) is 9.57. The Balaban J connectivity index is 1.38. The molecule has 2 aliphatic heterocycles. The maximum Gasteiger partial charge on any atom is 0.331 e. The van der Waals surface area contributed by atoms with Crippen LogP contribution in [0.4, 0.5) is 0 Å². The van der Waals surface area contributed by atoms with Gasteiger partial charge in [-0.05, 0) is 31.2 Å². The first-order valence-corrected chi connectivity index (χ1v) is 12.5. The molecule has 1 aliphatic carbocycles. The molecule has 0 unspecified atom stereocenters. The fourth-order valence-corrected chi connectivity index (χ4v) is 5.69. The fraction of sp³-hybridized carbons (Fsp3) is 0.692. The van der Waals surface area contributed by atoms with Crippen molar-refractivity contribution in [2.75, 3.05) is 39.9 Å². The number of esters is 1. The molecule has 33 heavy (non-hydrogen) atoms. The summed E-state index contributed by atoms with van der Waals surface area (Å²) < 4.78 is 11.1. The van der Waals surface area contributed by atoms with E-state index in [4.69, 9.17) is 9.47 Å². The molecule has 4 rings (SSSR count). The van der Waals surface area contributed by atoms with Crippen LogP contribution in [0.3, 0.4) is 0 Å². The van der Waals surface area contributed by atoms with Gasteiger partial charge in [0.15, 0.2) is 6.04 Å². The lowest BCUT2D eigenvalue weighted by molar-refractivity contribution is -0.151. The Morgan fingerprint density at radius 3 is 2.55 bits per heavy atom. The molecule has 3 atom stereocenters. The van der Waals surface area contributed by atoms with Crippen LogP contribution in [-0.2, 0) is 25.6 Å². The SMILES string of the molecule is COC(=O)[C@@H](NC(=O)[C@@H]1CN(Cc2ccccc2)CC12CNC2)[C@@H](C)OCC1CCCCC1. The fourth-order valence-electron chi connectivity index (χ4n) is 5.69. The van der Waals surface area contributed by atoms with Gasteiger partial charge in [0, 0.05) is 44.7 Å². The number of hydrogen-bond acceptors (Lipinski definition) is 6. The number of methoxy groups -OCH3 is 1. The van der Waals surface area contributed by atoms with Crippen molar-refractivity contribution >= 4 is 11.9 Å². The zero-order chi connectivity index (χ0) is 23.3. The smallest absolute Gasteiger partial charge is 0.331 e. The molecule has 0 bridgehead atoms. The molecule has 1 aromatic rings. The number of likely N-dealkylation sites (tertiary alicyclic amines) is 1. The average molecular weight is 458 g/mol. The van der Waals surface area contributed by atoms with Gasteiger partial charge in [-0.25, -0.2) is 4.79 Å². The van der Waals surface area contributed by atoms with Crippen molar-refractivity contribution in [2.45, 2.75) is 57.7 Å². The molecule has 2 heterocycles. The Bertz CT molecular complexity index is 792. The van der Waals surface area contributed by atoms with E-state index >= 15 is 0 Å². The number of benzene rings is 1. The second-order valence-corrected chi connectivity index (χ2v) is 10.2. The molecule has 1 saturated carbocycles. The monoisotopic (exact) mass is 457 g/mol. The number of carbonyl (C=O) groups is 2. The van der Waals surface area contributed by atoms with E-state index in [-0.39, 0.29) is 17.2 Å². The highest BCUT2D eigenvalue weighted by Crippen LogP contribution is 2.40. The first-order chi connectivity index (χ1) is 16.0. The summed E-state index contributed by atoms with van der Waals surface area (Å²) in [7, 11) is 1.36.